The van der Waals surface area contributed by atoms with Gasteiger partial charge in [0.25, 0.3) is 0 Å². The lowest BCUT2D eigenvalue weighted by atomic mass is 9.94. The second-order valence-corrected chi connectivity index (χ2v) is 5.82. The molecule has 0 unspecified atom stereocenters. The van der Waals surface area contributed by atoms with Crippen molar-refractivity contribution in [3.8, 4) is 0 Å². The van der Waals surface area contributed by atoms with E-state index in [1.54, 1.807) is 0 Å². The van der Waals surface area contributed by atoms with Gasteiger partial charge in [0.1, 0.15) is 0 Å². The summed E-state index contributed by atoms with van der Waals surface area (Å²) in [5.74, 6) is 1.76. The van der Waals surface area contributed by atoms with Crippen LogP contribution < -0.4 is 0 Å². The first kappa shape index (κ1) is 11.3. The minimum absolute atomic E-state index is 0.829. The average Bonchev–Trinajstić information content (AvgIpc) is 3.08. The Kier molecular flexibility index (Phi) is 3.19. The van der Waals surface area contributed by atoms with E-state index in [9.17, 15) is 0 Å². The Morgan fingerprint density at radius 2 is 2.00 bits per heavy atom. The summed E-state index contributed by atoms with van der Waals surface area (Å²) in [5, 5.41) is 0. The van der Waals surface area contributed by atoms with Crippen molar-refractivity contribution < 1.29 is 0 Å². The molecule has 0 amide bonds. The summed E-state index contributed by atoms with van der Waals surface area (Å²) < 4.78 is 2.40. The van der Waals surface area contributed by atoms with Gasteiger partial charge in [0.15, 0.2) is 0 Å². The molecule has 0 radical (unpaired) electrons. The number of hydrogen-bond donors (Lipinski definition) is 0. The van der Waals surface area contributed by atoms with Crippen LogP contribution in [0.5, 0.6) is 0 Å². The molecule has 1 saturated heterocycles. The van der Waals surface area contributed by atoms with Gasteiger partial charge < -0.3 is 9.47 Å². The van der Waals surface area contributed by atoms with Crippen LogP contribution in [0.1, 0.15) is 43.7 Å². The van der Waals surface area contributed by atoms with E-state index in [1.165, 1.54) is 57.4 Å². The van der Waals surface area contributed by atoms with E-state index in [0.29, 0.717) is 0 Å². The number of hydrogen-bond acceptors (Lipinski definition) is 2. The third-order valence-corrected chi connectivity index (χ3v) is 4.36. The van der Waals surface area contributed by atoms with Gasteiger partial charge in [-0.05, 0) is 58.2 Å². The van der Waals surface area contributed by atoms with Crippen molar-refractivity contribution in [1.29, 1.82) is 0 Å². The number of nitrogens with zero attached hydrogens (tertiary/aromatic N) is 3. The zero-order valence-corrected chi connectivity index (χ0v) is 10.8. The molecule has 1 saturated carbocycles. The Morgan fingerprint density at radius 1 is 1.24 bits per heavy atom. The summed E-state index contributed by atoms with van der Waals surface area (Å²) in [5.41, 5.74) is 1.48. The second-order valence-electron chi connectivity index (χ2n) is 5.82. The summed E-state index contributed by atoms with van der Waals surface area (Å²) in [7, 11) is 2.23. The standard InChI is InChI=1S/C14H23N3/c1-16-7-4-12(5-8-16)6-9-17-11-15-10-14(17)13-2-3-13/h10-13H,2-9H2,1H3. The SMILES string of the molecule is CN1CCC(CCn2cncc2C2CC2)CC1. The van der Waals surface area contributed by atoms with Crippen molar-refractivity contribution in [1.82, 2.24) is 14.5 Å². The molecule has 0 bridgehead atoms. The van der Waals surface area contributed by atoms with Crippen LogP contribution in [0.15, 0.2) is 12.5 Å². The fraction of sp³-hybridized carbons (Fsp3) is 0.786. The van der Waals surface area contributed by atoms with E-state index in [1.807, 2.05) is 6.33 Å². The summed E-state index contributed by atoms with van der Waals surface area (Å²) in [6.45, 7) is 3.74. The molecule has 94 valence electrons. The van der Waals surface area contributed by atoms with Gasteiger partial charge >= 0.3 is 0 Å². The quantitative estimate of drug-likeness (QED) is 0.796. The van der Waals surface area contributed by atoms with Crippen molar-refractivity contribution in [3.05, 3.63) is 18.2 Å². The van der Waals surface area contributed by atoms with Crippen molar-refractivity contribution in [2.75, 3.05) is 20.1 Å². The van der Waals surface area contributed by atoms with Crippen LogP contribution in [-0.2, 0) is 6.54 Å². The lowest BCUT2D eigenvalue weighted by Crippen LogP contribution is -2.30. The van der Waals surface area contributed by atoms with E-state index >= 15 is 0 Å². The zero-order chi connectivity index (χ0) is 11.7. The van der Waals surface area contributed by atoms with E-state index in [4.69, 9.17) is 0 Å². The third-order valence-electron chi connectivity index (χ3n) is 4.36. The average molecular weight is 233 g/mol. The van der Waals surface area contributed by atoms with Crippen LogP contribution in [-0.4, -0.2) is 34.6 Å². The van der Waals surface area contributed by atoms with Gasteiger partial charge in [-0.3, -0.25) is 0 Å². The summed E-state index contributed by atoms with van der Waals surface area (Å²) >= 11 is 0. The molecule has 3 rings (SSSR count). The lowest BCUT2D eigenvalue weighted by Gasteiger charge is -2.29. The fourth-order valence-corrected chi connectivity index (χ4v) is 2.91. The number of aryl methyl sites for hydroxylation is 1. The maximum absolute atomic E-state index is 4.31. The number of aromatic nitrogens is 2. The molecule has 2 aliphatic rings. The predicted octanol–water partition coefficient (Wildman–Crippen LogP) is 2.49. The van der Waals surface area contributed by atoms with Crippen LogP contribution in [0.3, 0.4) is 0 Å². The molecule has 1 aromatic rings. The highest BCUT2D eigenvalue weighted by atomic mass is 15.1. The number of piperidine rings is 1. The highest BCUT2D eigenvalue weighted by Crippen LogP contribution is 2.39. The molecule has 1 aromatic heterocycles. The first-order chi connectivity index (χ1) is 8.33. The normalized spacial score (nSPS) is 23.1. The van der Waals surface area contributed by atoms with Crippen molar-refractivity contribution >= 4 is 0 Å². The first-order valence-electron chi connectivity index (χ1n) is 7.01. The number of likely N-dealkylation sites (tertiary alicyclic amines) is 1. The Balaban J connectivity index is 1.51. The van der Waals surface area contributed by atoms with Crippen LogP contribution in [0, 0.1) is 5.92 Å². The summed E-state index contributed by atoms with van der Waals surface area (Å²) in [4.78, 5) is 6.76. The third kappa shape index (κ3) is 2.71. The van der Waals surface area contributed by atoms with Crippen molar-refractivity contribution in [3.63, 3.8) is 0 Å². The molecule has 2 fully saturated rings. The fourth-order valence-electron chi connectivity index (χ4n) is 2.91. The smallest absolute Gasteiger partial charge is 0.0948 e. The molecule has 1 aliphatic heterocycles. The first-order valence-corrected chi connectivity index (χ1v) is 7.01. The van der Waals surface area contributed by atoms with Gasteiger partial charge in [-0.2, -0.15) is 0 Å². The van der Waals surface area contributed by atoms with Crippen LogP contribution >= 0.6 is 0 Å². The molecular formula is C14H23N3. The van der Waals surface area contributed by atoms with E-state index in [0.717, 1.165) is 11.8 Å². The topological polar surface area (TPSA) is 21.1 Å². The maximum Gasteiger partial charge on any atom is 0.0948 e. The maximum atomic E-state index is 4.31. The lowest BCUT2D eigenvalue weighted by molar-refractivity contribution is 0.207. The molecule has 17 heavy (non-hydrogen) atoms. The molecule has 0 atom stereocenters. The Labute approximate surface area is 104 Å². The highest BCUT2D eigenvalue weighted by Gasteiger charge is 2.27. The van der Waals surface area contributed by atoms with Crippen LogP contribution in [0.4, 0.5) is 0 Å². The summed E-state index contributed by atoms with van der Waals surface area (Å²) in [6.07, 6.45) is 11.0. The molecule has 2 heterocycles. The molecule has 3 heteroatoms. The zero-order valence-electron chi connectivity index (χ0n) is 10.8. The molecule has 1 aliphatic carbocycles. The monoisotopic (exact) mass is 233 g/mol. The van der Waals surface area contributed by atoms with Crippen molar-refractivity contribution in [2.45, 2.75) is 44.6 Å². The molecule has 0 aromatic carbocycles. The van der Waals surface area contributed by atoms with Gasteiger partial charge in [-0.1, -0.05) is 0 Å². The van der Waals surface area contributed by atoms with Crippen molar-refractivity contribution in [2.24, 2.45) is 5.92 Å². The van der Waals surface area contributed by atoms with Gasteiger partial charge in [-0.15, -0.1) is 0 Å². The number of rotatable bonds is 4. The molecule has 3 nitrogen and oxygen atoms in total. The largest absolute Gasteiger partial charge is 0.334 e. The highest BCUT2D eigenvalue weighted by molar-refractivity contribution is 5.12. The minimum atomic E-state index is 0.829. The predicted molar refractivity (Wildman–Crippen MR) is 69.0 cm³/mol. The number of imidazole rings is 1. The van der Waals surface area contributed by atoms with Gasteiger partial charge in [0.05, 0.1) is 6.33 Å². The molecular weight excluding hydrogens is 210 g/mol. The second kappa shape index (κ2) is 4.81. The van der Waals surface area contributed by atoms with E-state index < -0.39 is 0 Å². The Bertz CT molecular complexity index is 359. The molecule has 0 N–H and O–H groups in total. The van der Waals surface area contributed by atoms with E-state index in [2.05, 4.69) is 27.7 Å². The van der Waals surface area contributed by atoms with E-state index in [-0.39, 0.29) is 0 Å². The van der Waals surface area contributed by atoms with Gasteiger partial charge in [0.2, 0.25) is 0 Å². The van der Waals surface area contributed by atoms with Crippen LogP contribution in [0.2, 0.25) is 0 Å². The summed E-state index contributed by atoms with van der Waals surface area (Å²) in [6, 6.07) is 0. The van der Waals surface area contributed by atoms with Crippen LogP contribution in [0.25, 0.3) is 0 Å². The Hall–Kier alpha value is -0.830. The van der Waals surface area contributed by atoms with Gasteiger partial charge in [-0.25, -0.2) is 4.98 Å². The minimum Gasteiger partial charge on any atom is -0.334 e. The molecule has 0 spiro atoms. The Morgan fingerprint density at radius 3 is 2.71 bits per heavy atom. The van der Waals surface area contributed by atoms with Gasteiger partial charge in [0, 0.05) is 24.4 Å².